The van der Waals surface area contributed by atoms with Crippen LogP contribution in [0.5, 0.6) is 0 Å². The van der Waals surface area contributed by atoms with Crippen molar-refractivity contribution in [3.05, 3.63) is 50.4 Å². The van der Waals surface area contributed by atoms with Gasteiger partial charge in [0.25, 0.3) is 5.22 Å². The van der Waals surface area contributed by atoms with Crippen LogP contribution in [0.3, 0.4) is 0 Å². The molecule has 130 valence electrons. The van der Waals surface area contributed by atoms with Gasteiger partial charge in [-0.05, 0) is 37.3 Å². The first-order chi connectivity index (χ1) is 11.8. The standard InChI is InChI=1S/C16H10Cl4N2O2S/c1-7(15(23)21-12-6-10(19)9(18)5-11(12)20)25-16-22-13-4-8(17)2-3-14(13)24-16/h2-7H,1H3,(H,21,23). The van der Waals surface area contributed by atoms with E-state index in [0.29, 0.717) is 42.1 Å². The number of nitrogens with one attached hydrogen (secondary N) is 1. The third-order valence-electron chi connectivity index (χ3n) is 3.24. The van der Waals surface area contributed by atoms with Crippen LogP contribution in [-0.4, -0.2) is 16.1 Å². The molecule has 4 nitrogen and oxygen atoms in total. The number of benzene rings is 2. The number of carbonyl (C=O) groups excluding carboxylic acids is 1. The minimum absolute atomic E-state index is 0.273. The highest BCUT2D eigenvalue weighted by Crippen LogP contribution is 2.33. The van der Waals surface area contributed by atoms with Crippen LogP contribution in [0.25, 0.3) is 11.1 Å². The van der Waals surface area contributed by atoms with Gasteiger partial charge in [0.2, 0.25) is 5.91 Å². The number of amides is 1. The Morgan fingerprint density at radius 3 is 2.60 bits per heavy atom. The highest BCUT2D eigenvalue weighted by Gasteiger charge is 2.19. The Morgan fingerprint density at radius 1 is 1.12 bits per heavy atom. The maximum Gasteiger partial charge on any atom is 0.257 e. The second-order valence-corrected chi connectivity index (χ2v) is 8.04. The summed E-state index contributed by atoms with van der Waals surface area (Å²) in [4.78, 5) is 16.7. The second-order valence-electron chi connectivity index (χ2n) is 5.09. The van der Waals surface area contributed by atoms with Crippen LogP contribution in [0.1, 0.15) is 6.92 Å². The third-order valence-corrected chi connectivity index (χ3v) is 5.46. The smallest absolute Gasteiger partial charge is 0.257 e. The van der Waals surface area contributed by atoms with E-state index in [0.717, 1.165) is 0 Å². The molecule has 0 saturated heterocycles. The molecule has 1 N–H and O–H groups in total. The number of anilines is 1. The monoisotopic (exact) mass is 434 g/mol. The van der Waals surface area contributed by atoms with E-state index in [4.69, 9.17) is 50.8 Å². The molecule has 0 radical (unpaired) electrons. The highest BCUT2D eigenvalue weighted by atomic mass is 35.5. The number of hydrogen-bond acceptors (Lipinski definition) is 4. The van der Waals surface area contributed by atoms with Crippen LogP contribution in [-0.2, 0) is 4.79 Å². The fourth-order valence-corrected chi connectivity index (χ4v) is 3.51. The highest BCUT2D eigenvalue weighted by molar-refractivity contribution is 8.00. The summed E-state index contributed by atoms with van der Waals surface area (Å²) in [6.45, 7) is 1.73. The third kappa shape index (κ3) is 4.36. The quantitative estimate of drug-likeness (QED) is 0.372. The van der Waals surface area contributed by atoms with Crippen molar-refractivity contribution in [3.8, 4) is 0 Å². The lowest BCUT2D eigenvalue weighted by molar-refractivity contribution is -0.115. The molecule has 1 heterocycles. The summed E-state index contributed by atoms with van der Waals surface area (Å²) in [6.07, 6.45) is 0. The summed E-state index contributed by atoms with van der Waals surface area (Å²) in [5.74, 6) is -0.273. The molecular formula is C16H10Cl4N2O2S. The molecule has 1 unspecified atom stereocenters. The van der Waals surface area contributed by atoms with E-state index in [1.807, 2.05) is 0 Å². The number of halogens is 4. The topological polar surface area (TPSA) is 55.1 Å². The summed E-state index contributed by atoms with van der Waals surface area (Å²) in [7, 11) is 0. The van der Waals surface area contributed by atoms with E-state index in [9.17, 15) is 4.79 Å². The molecular weight excluding hydrogens is 426 g/mol. The first-order valence-corrected chi connectivity index (χ1v) is 9.41. The second kappa shape index (κ2) is 7.64. The van der Waals surface area contributed by atoms with Gasteiger partial charge in [0.1, 0.15) is 5.52 Å². The van der Waals surface area contributed by atoms with Crippen molar-refractivity contribution in [2.24, 2.45) is 0 Å². The number of nitrogens with zero attached hydrogens (tertiary/aromatic N) is 1. The Balaban J connectivity index is 1.72. The van der Waals surface area contributed by atoms with Crippen LogP contribution in [0.15, 0.2) is 40.0 Å². The Hall–Kier alpha value is -1.11. The van der Waals surface area contributed by atoms with Gasteiger partial charge in [-0.25, -0.2) is 4.98 Å². The van der Waals surface area contributed by atoms with Gasteiger partial charge in [0.15, 0.2) is 5.58 Å². The molecule has 3 rings (SSSR count). The van der Waals surface area contributed by atoms with Gasteiger partial charge in [0.05, 0.1) is 26.0 Å². The van der Waals surface area contributed by atoms with Crippen molar-refractivity contribution in [2.75, 3.05) is 5.32 Å². The van der Waals surface area contributed by atoms with Crippen molar-refractivity contribution in [3.63, 3.8) is 0 Å². The number of aromatic nitrogens is 1. The van der Waals surface area contributed by atoms with E-state index >= 15 is 0 Å². The maximum absolute atomic E-state index is 12.4. The number of thioether (sulfide) groups is 1. The molecule has 25 heavy (non-hydrogen) atoms. The lowest BCUT2D eigenvalue weighted by Crippen LogP contribution is -2.22. The van der Waals surface area contributed by atoms with E-state index in [2.05, 4.69) is 10.3 Å². The molecule has 0 spiro atoms. The maximum atomic E-state index is 12.4. The predicted molar refractivity (Wildman–Crippen MR) is 104 cm³/mol. The van der Waals surface area contributed by atoms with E-state index in [1.54, 1.807) is 25.1 Å². The molecule has 3 aromatic rings. The molecule has 0 aliphatic carbocycles. The SMILES string of the molecule is CC(Sc1nc2cc(Cl)ccc2o1)C(=O)Nc1cc(Cl)c(Cl)cc1Cl. The van der Waals surface area contributed by atoms with Gasteiger partial charge >= 0.3 is 0 Å². The summed E-state index contributed by atoms with van der Waals surface area (Å²) >= 11 is 25.0. The van der Waals surface area contributed by atoms with Crippen LogP contribution in [0, 0.1) is 0 Å². The van der Waals surface area contributed by atoms with Gasteiger partial charge in [0, 0.05) is 5.02 Å². The van der Waals surface area contributed by atoms with Gasteiger partial charge < -0.3 is 9.73 Å². The number of carbonyl (C=O) groups is 1. The molecule has 0 aliphatic heterocycles. The van der Waals surface area contributed by atoms with Crippen LogP contribution < -0.4 is 5.32 Å². The summed E-state index contributed by atoms with van der Waals surface area (Å²) in [5, 5.41) is 4.10. The molecule has 2 aromatic carbocycles. The van der Waals surface area contributed by atoms with Crippen molar-refractivity contribution in [1.29, 1.82) is 0 Å². The fraction of sp³-hybridized carbons (Fsp3) is 0.125. The van der Waals surface area contributed by atoms with Gasteiger partial charge in [-0.1, -0.05) is 58.2 Å². The van der Waals surface area contributed by atoms with Crippen LogP contribution >= 0.6 is 58.2 Å². The molecule has 1 aromatic heterocycles. The lowest BCUT2D eigenvalue weighted by atomic mass is 10.3. The van der Waals surface area contributed by atoms with E-state index < -0.39 is 5.25 Å². The normalized spacial score (nSPS) is 12.4. The molecule has 0 fully saturated rings. The zero-order chi connectivity index (χ0) is 18.1. The van der Waals surface area contributed by atoms with Crippen molar-refractivity contribution in [1.82, 2.24) is 4.98 Å². The molecule has 0 aliphatic rings. The first kappa shape index (κ1) is 18.7. The average molecular weight is 436 g/mol. The number of oxazole rings is 1. The summed E-state index contributed by atoms with van der Waals surface area (Å²) in [5.41, 5.74) is 1.63. The van der Waals surface area contributed by atoms with Crippen molar-refractivity contribution in [2.45, 2.75) is 17.4 Å². The molecule has 0 bridgehead atoms. The van der Waals surface area contributed by atoms with Crippen molar-refractivity contribution < 1.29 is 9.21 Å². The van der Waals surface area contributed by atoms with Crippen molar-refractivity contribution >= 4 is 80.9 Å². The predicted octanol–water partition coefficient (Wildman–Crippen LogP) is 6.56. The molecule has 9 heteroatoms. The zero-order valence-electron chi connectivity index (χ0n) is 12.6. The Labute approximate surface area is 167 Å². The first-order valence-electron chi connectivity index (χ1n) is 7.01. The van der Waals surface area contributed by atoms with E-state index in [1.165, 1.54) is 23.9 Å². The molecule has 0 saturated carbocycles. The summed E-state index contributed by atoms with van der Waals surface area (Å²) < 4.78 is 5.60. The average Bonchev–Trinajstić information content (AvgIpc) is 2.93. The minimum atomic E-state index is -0.478. The fourth-order valence-electron chi connectivity index (χ4n) is 1.99. The number of hydrogen-bond donors (Lipinski definition) is 1. The Bertz CT molecular complexity index is 961. The minimum Gasteiger partial charge on any atom is -0.431 e. The van der Waals surface area contributed by atoms with Crippen LogP contribution in [0.4, 0.5) is 5.69 Å². The molecule has 1 atom stereocenters. The summed E-state index contributed by atoms with van der Waals surface area (Å²) in [6, 6.07) is 8.12. The number of fused-ring (bicyclic) bond motifs is 1. The number of rotatable bonds is 4. The largest absolute Gasteiger partial charge is 0.431 e. The Morgan fingerprint density at radius 2 is 1.84 bits per heavy atom. The molecule has 1 amide bonds. The van der Waals surface area contributed by atoms with Gasteiger partial charge in [-0.3, -0.25) is 4.79 Å². The van der Waals surface area contributed by atoms with E-state index in [-0.39, 0.29) is 5.91 Å². The zero-order valence-corrected chi connectivity index (χ0v) is 16.5. The van der Waals surface area contributed by atoms with Crippen LogP contribution in [0.2, 0.25) is 20.1 Å². The lowest BCUT2D eigenvalue weighted by Gasteiger charge is -2.12. The van der Waals surface area contributed by atoms with Gasteiger partial charge in [-0.15, -0.1) is 0 Å². The Kier molecular flexibility index (Phi) is 5.71. The van der Waals surface area contributed by atoms with Gasteiger partial charge in [-0.2, -0.15) is 0 Å².